The van der Waals surface area contributed by atoms with Crippen molar-refractivity contribution in [3.63, 3.8) is 0 Å². The number of anilines is 1. The van der Waals surface area contributed by atoms with Crippen LogP contribution in [-0.4, -0.2) is 42.9 Å². The molecule has 0 atom stereocenters. The van der Waals surface area contributed by atoms with Crippen molar-refractivity contribution in [1.29, 1.82) is 0 Å². The lowest BCUT2D eigenvalue weighted by molar-refractivity contribution is -0.123. The van der Waals surface area contributed by atoms with E-state index in [1.807, 2.05) is 0 Å². The normalized spacial score (nSPS) is 14.1. The van der Waals surface area contributed by atoms with Gasteiger partial charge in [0.05, 0.1) is 13.1 Å². The van der Waals surface area contributed by atoms with E-state index < -0.39 is 0 Å². The Bertz CT molecular complexity index is 527. The van der Waals surface area contributed by atoms with Gasteiger partial charge in [0.15, 0.2) is 0 Å². The molecule has 2 N–H and O–H groups in total. The average Bonchev–Trinajstić information content (AvgIpc) is 3.09. The molecule has 0 bridgehead atoms. The smallest absolute Gasteiger partial charge is 0.238 e. The Morgan fingerprint density at radius 2 is 1.71 bits per heavy atom. The number of benzene rings is 1. The van der Waals surface area contributed by atoms with Gasteiger partial charge in [-0.25, -0.2) is 0 Å². The van der Waals surface area contributed by atoms with Gasteiger partial charge in [-0.05, 0) is 38.1 Å². The number of rotatable bonds is 6. The molecule has 0 radical (unpaired) electrons. The SMILES string of the molecule is CN(CC(=O)Nc1cc(Cl)cc(Cl)c1)CC(=O)NC1CC1. The first-order valence-corrected chi connectivity index (χ1v) is 7.42. The summed E-state index contributed by atoms with van der Waals surface area (Å²) in [5.41, 5.74) is 0.535. The monoisotopic (exact) mass is 329 g/mol. The minimum absolute atomic E-state index is 0.0569. The molecule has 0 saturated heterocycles. The van der Waals surface area contributed by atoms with Gasteiger partial charge in [0.1, 0.15) is 0 Å². The van der Waals surface area contributed by atoms with E-state index in [9.17, 15) is 9.59 Å². The average molecular weight is 330 g/mol. The number of halogens is 2. The fourth-order valence-corrected chi connectivity index (χ4v) is 2.40. The van der Waals surface area contributed by atoms with E-state index in [1.54, 1.807) is 30.1 Å². The van der Waals surface area contributed by atoms with Crippen LogP contribution in [0, 0.1) is 0 Å². The topological polar surface area (TPSA) is 61.4 Å². The Hall–Kier alpha value is -1.30. The molecule has 2 amide bonds. The van der Waals surface area contributed by atoms with Crippen molar-refractivity contribution < 1.29 is 9.59 Å². The Balaban J connectivity index is 1.78. The molecule has 0 aliphatic heterocycles. The third-order valence-electron chi connectivity index (χ3n) is 2.92. The van der Waals surface area contributed by atoms with E-state index in [-0.39, 0.29) is 24.9 Å². The number of likely N-dealkylation sites (N-methyl/N-ethyl adjacent to an activating group) is 1. The van der Waals surface area contributed by atoms with Gasteiger partial charge in [-0.1, -0.05) is 23.2 Å². The standard InChI is InChI=1S/C14H17Cl2N3O2/c1-19(7-13(20)17-11-2-3-11)8-14(21)18-12-5-9(15)4-10(16)6-12/h4-6,11H,2-3,7-8H2,1H3,(H,17,20)(H,18,21). The Morgan fingerprint density at radius 3 is 2.29 bits per heavy atom. The van der Waals surface area contributed by atoms with Crippen molar-refractivity contribution >= 4 is 40.7 Å². The summed E-state index contributed by atoms with van der Waals surface area (Å²) in [5.74, 6) is -0.284. The number of nitrogens with zero attached hydrogens (tertiary/aromatic N) is 1. The molecule has 5 nitrogen and oxygen atoms in total. The summed E-state index contributed by atoms with van der Waals surface area (Å²) in [5, 5.41) is 6.48. The van der Waals surface area contributed by atoms with Crippen molar-refractivity contribution in [3.8, 4) is 0 Å². The maximum atomic E-state index is 11.9. The molecule has 1 aliphatic carbocycles. The van der Waals surface area contributed by atoms with Crippen molar-refractivity contribution in [1.82, 2.24) is 10.2 Å². The summed E-state index contributed by atoms with van der Waals surface area (Å²) in [6.45, 7) is 0.308. The molecule has 21 heavy (non-hydrogen) atoms. The maximum Gasteiger partial charge on any atom is 0.238 e. The molecule has 1 aromatic carbocycles. The lowest BCUT2D eigenvalue weighted by Gasteiger charge is -2.16. The summed E-state index contributed by atoms with van der Waals surface area (Å²) >= 11 is 11.7. The number of hydrogen-bond donors (Lipinski definition) is 2. The molecule has 0 heterocycles. The van der Waals surface area contributed by atoms with Gasteiger partial charge in [0.2, 0.25) is 11.8 Å². The fourth-order valence-electron chi connectivity index (χ4n) is 1.87. The van der Waals surface area contributed by atoms with E-state index in [4.69, 9.17) is 23.2 Å². The highest BCUT2D eigenvalue weighted by atomic mass is 35.5. The molecular formula is C14H17Cl2N3O2. The number of nitrogens with one attached hydrogen (secondary N) is 2. The molecule has 114 valence electrons. The first-order chi connectivity index (χ1) is 9.92. The molecule has 1 fully saturated rings. The van der Waals surface area contributed by atoms with Gasteiger partial charge in [-0.3, -0.25) is 14.5 Å². The Labute approximate surface area is 133 Å². The maximum absolute atomic E-state index is 11.9. The Morgan fingerprint density at radius 1 is 1.14 bits per heavy atom. The van der Waals surface area contributed by atoms with E-state index >= 15 is 0 Å². The molecule has 0 unspecified atom stereocenters. The second-order valence-electron chi connectivity index (χ2n) is 5.22. The van der Waals surface area contributed by atoms with Crippen molar-refractivity contribution in [2.24, 2.45) is 0 Å². The minimum Gasteiger partial charge on any atom is -0.352 e. The van der Waals surface area contributed by atoms with E-state index in [0.29, 0.717) is 21.8 Å². The lowest BCUT2D eigenvalue weighted by Crippen LogP contribution is -2.39. The van der Waals surface area contributed by atoms with Gasteiger partial charge in [0.25, 0.3) is 0 Å². The lowest BCUT2D eigenvalue weighted by atomic mass is 10.3. The van der Waals surface area contributed by atoms with Crippen LogP contribution in [0.2, 0.25) is 10.0 Å². The zero-order valence-electron chi connectivity index (χ0n) is 11.7. The summed E-state index contributed by atoms with van der Waals surface area (Å²) < 4.78 is 0. The zero-order valence-corrected chi connectivity index (χ0v) is 13.2. The van der Waals surface area contributed by atoms with Crippen LogP contribution < -0.4 is 10.6 Å². The molecular weight excluding hydrogens is 313 g/mol. The van der Waals surface area contributed by atoms with Crippen LogP contribution in [0.15, 0.2) is 18.2 Å². The largest absolute Gasteiger partial charge is 0.352 e. The second-order valence-corrected chi connectivity index (χ2v) is 6.09. The van der Waals surface area contributed by atoms with Gasteiger partial charge >= 0.3 is 0 Å². The summed E-state index contributed by atoms with van der Waals surface area (Å²) in [6, 6.07) is 5.15. The van der Waals surface area contributed by atoms with Crippen molar-refractivity contribution in [2.75, 3.05) is 25.5 Å². The van der Waals surface area contributed by atoms with Crippen LogP contribution >= 0.6 is 23.2 Å². The highest BCUT2D eigenvalue weighted by molar-refractivity contribution is 6.35. The van der Waals surface area contributed by atoms with Crippen LogP contribution in [0.3, 0.4) is 0 Å². The third kappa shape index (κ3) is 5.91. The van der Waals surface area contributed by atoms with Gasteiger partial charge in [-0.2, -0.15) is 0 Å². The van der Waals surface area contributed by atoms with Crippen molar-refractivity contribution in [3.05, 3.63) is 28.2 Å². The third-order valence-corrected chi connectivity index (χ3v) is 3.35. The zero-order chi connectivity index (χ0) is 15.4. The van der Waals surface area contributed by atoms with Crippen LogP contribution in [0.4, 0.5) is 5.69 Å². The van der Waals surface area contributed by atoms with E-state index in [0.717, 1.165) is 12.8 Å². The van der Waals surface area contributed by atoms with Crippen LogP contribution in [0.5, 0.6) is 0 Å². The van der Waals surface area contributed by atoms with Crippen LogP contribution in [-0.2, 0) is 9.59 Å². The second kappa shape index (κ2) is 7.11. The van der Waals surface area contributed by atoms with Gasteiger partial charge in [0, 0.05) is 21.8 Å². The van der Waals surface area contributed by atoms with E-state index in [1.165, 1.54) is 0 Å². The van der Waals surface area contributed by atoms with Gasteiger partial charge in [-0.15, -0.1) is 0 Å². The molecule has 7 heteroatoms. The molecule has 0 spiro atoms. The fraction of sp³-hybridized carbons (Fsp3) is 0.429. The minimum atomic E-state index is -0.227. The molecule has 1 saturated carbocycles. The number of carbonyl (C=O) groups is 2. The first kappa shape index (κ1) is 16.1. The highest BCUT2D eigenvalue weighted by Crippen LogP contribution is 2.22. The summed E-state index contributed by atoms with van der Waals surface area (Å²) in [4.78, 5) is 25.2. The van der Waals surface area contributed by atoms with Crippen LogP contribution in [0.25, 0.3) is 0 Å². The van der Waals surface area contributed by atoms with Crippen LogP contribution in [0.1, 0.15) is 12.8 Å². The summed E-state index contributed by atoms with van der Waals surface area (Å²) in [6.07, 6.45) is 2.09. The Kier molecular flexibility index (Phi) is 5.45. The molecule has 0 aromatic heterocycles. The number of amides is 2. The predicted octanol–water partition coefficient (Wildman–Crippen LogP) is 2.14. The van der Waals surface area contributed by atoms with E-state index in [2.05, 4.69) is 10.6 Å². The number of carbonyl (C=O) groups excluding carboxylic acids is 2. The van der Waals surface area contributed by atoms with Crippen molar-refractivity contribution in [2.45, 2.75) is 18.9 Å². The molecule has 1 aromatic rings. The molecule has 1 aliphatic rings. The quantitative estimate of drug-likeness (QED) is 0.840. The first-order valence-electron chi connectivity index (χ1n) is 6.66. The molecule has 2 rings (SSSR count). The summed E-state index contributed by atoms with van der Waals surface area (Å²) in [7, 11) is 1.72. The number of hydrogen-bond acceptors (Lipinski definition) is 3. The van der Waals surface area contributed by atoms with Gasteiger partial charge < -0.3 is 10.6 Å². The highest BCUT2D eigenvalue weighted by Gasteiger charge is 2.23. The predicted molar refractivity (Wildman–Crippen MR) is 83.8 cm³/mol.